The molecular weight excluding hydrogens is 257 g/mol. The number of rotatable bonds is 4. The average Bonchev–Trinajstić information content (AvgIpc) is 2.72. The average molecular weight is 272 g/mol. The largest absolute Gasteiger partial charge is 0.416 e. The smallest absolute Gasteiger partial charge is 0.383 e. The summed E-state index contributed by atoms with van der Waals surface area (Å²) in [4.78, 5) is 4.27. The van der Waals surface area contributed by atoms with Gasteiger partial charge in [-0.25, -0.2) is 4.98 Å². The molecule has 0 unspecified atom stereocenters. The molecule has 0 atom stereocenters. The van der Waals surface area contributed by atoms with Gasteiger partial charge in [-0.1, -0.05) is 6.92 Å². The third-order valence-electron chi connectivity index (χ3n) is 2.99. The Balaban J connectivity index is 2.51. The molecule has 0 saturated heterocycles. The molecular formula is C13H15F3N2O. The number of aromatic nitrogens is 2. The SMILES string of the molecule is CCc1nc2cc(C(F)(F)F)ccc2n1CCOC. The highest BCUT2D eigenvalue weighted by atomic mass is 19.4. The molecule has 1 aromatic carbocycles. The Morgan fingerprint density at radius 1 is 1.32 bits per heavy atom. The number of nitrogens with zero attached hydrogens (tertiary/aromatic N) is 2. The molecule has 1 aromatic heterocycles. The van der Waals surface area contributed by atoms with Crippen molar-refractivity contribution in [3.8, 4) is 0 Å². The Hall–Kier alpha value is -1.56. The quantitative estimate of drug-likeness (QED) is 0.854. The zero-order chi connectivity index (χ0) is 14.0. The molecule has 0 spiro atoms. The van der Waals surface area contributed by atoms with Gasteiger partial charge in [-0.2, -0.15) is 13.2 Å². The van der Waals surface area contributed by atoms with E-state index in [-0.39, 0.29) is 0 Å². The zero-order valence-electron chi connectivity index (χ0n) is 10.8. The number of halogens is 3. The van der Waals surface area contributed by atoms with Gasteiger partial charge in [0.2, 0.25) is 0 Å². The van der Waals surface area contributed by atoms with Gasteiger partial charge in [0, 0.05) is 20.1 Å². The van der Waals surface area contributed by atoms with Crippen LogP contribution < -0.4 is 0 Å². The molecule has 2 aromatic rings. The summed E-state index contributed by atoms with van der Waals surface area (Å²) in [5.74, 6) is 0.770. The van der Waals surface area contributed by atoms with Gasteiger partial charge in [-0.3, -0.25) is 0 Å². The number of imidazole rings is 1. The second kappa shape index (κ2) is 5.21. The molecule has 104 valence electrons. The molecule has 1 heterocycles. The Labute approximate surface area is 109 Å². The van der Waals surface area contributed by atoms with Crippen LogP contribution in [0.4, 0.5) is 13.2 Å². The van der Waals surface area contributed by atoms with Crippen molar-refractivity contribution in [3.05, 3.63) is 29.6 Å². The van der Waals surface area contributed by atoms with E-state index in [0.717, 1.165) is 18.0 Å². The second-order valence-corrected chi connectivity index (χ2v) is 4.23. The van der Waals surface area contributed by atoms with Crippen molar-refractivity contribution < 1.29 is 17.9 Å². The molecule has 0 aliphatic heterocycles. The van der Waals surface area contributed by atoms with Gasteiger partial charge in [0.05, 0.1) is 23.2 Å². The molecule has 3 nitrogen and oxygen atoms in total. The van der Waals surface area contributed by atoms with E-state index in [0.29, 0.717) is 30.6 Å². The molecule has 19 heavy (non-hydrogen) atoms. The summed E-state index contributed by atoms with van der Waals surface area (Å²) >= 11 is 0. The first-order valence-corrected chi connectivity index (χ1v) is 6.02. The molecule has 0 radical (unpaired) electrons. The van der Waals surface area contributed by atoms with Crippen molar-refractivity contribution >= 4 is 11.0 Å². The number of alkyl halides is 3. The molecule has 0 amide bonds. The fourth-order valence-electron chi connectivity index (χ4n) is 2.06. The highest BCUT2D eigenvalue weighted by Gasteiger charge is 2.31. The minimum atomic E-state index is -4.34. The van der Waals surface area contributed by atoms with Crippen LogP contribution in [0, 0.1) is 0 Å². The van der Waals surface area contributed by atoms with E-state index < -0.39 is 11.7 Å². The summed E-state index contributed by atoms with van der Waals surface area (Å²) in [5.41, 5.74) is 0.420. The lowest BCUT2D eigenvalue weighted by atomic mass is 10.2. The Morgan fingerprint density at radius 3 is 2.63 bits per heavy atom. The van der Waals surface area contributed by atoms with Crippen molar-refractivity contribution in [1.82, 2.24) is 9.55 Å². The van der Waals surface area contributed by atoms with Crippen LogP contribution in [-0.2, 0) is 23.9 Å². The van der Waals surface area contributed by atoms with Crippen LogP contribution in [0.15, 0.2) is 18.2 Å². The van der Waals surface area contributed by atoms with Crippen molar-refractivity contribution in [1.29, 1.82) is 0 Å². The van der Waals surface area contributed by atoms with Crippen LogP contribution in [0.3, 0.4) is 0 Å². The van der Waals surface area contributed by atoms with Crippen LogP contribution in [0.2, 0.25) is 0 Å². The number of aryl methyl sites for hydroxylation is 1. The fraction of sp³-hybridized carbons (Fsp3) is 0.462. The summed E-state index contributed by atoms with van der Waals surface area (Å²) in [5, 5.41) is 0. The Bertz CT molecular complexity index is 575. The van der Waals surface area contributed by atoms with E-state index in [1.165, 1.54) is 6.07 Å². The topological polar surface area (TPSA) is 27.1 Å². The number of fused-ring (bicyclic) bond motifs is 1. The number of hydrogen-bond acceptors (Lipinski definition) is 2. The lowest BCUT2D eigenvalue weighted by Crippen LogP contribution is -2.08. The third-order valence-corrected chi connectivity index (χ3v) is 2.99. The third kappa shape index (κ3) is 2.73. The zero-order valence-corrected chi connectivity index (χ0v) is 10.8. The molecule has 0 saturated carbocycles. The molecule has 6 heteroatoms. The Morgan fingerprint density at radius 2 is 2.05 bits per heavy atom. The highest BCUT2D eigenvalue weighted by Crippen LogP contribution is 2.31. The molecule has 0 bridgehead atoms. The van der Waals surface area contributed by atoms with E-state index in [1.54, 1.807) is 7.11 Å². The summed E-state index contributed by atoms with van der Waals surface area (Å²) in [6.45, 7) is 3.01. The predicted molar refractivity (Wildman–Crippen MR) is 66.0 cm³/mol. The summed E-state index contributed by atoms with van der Waals surface area (Å²) in [6.07, 6.45) is -3.67. The lowest BCUT2D eigenvalue weighted by Gasteiger charge is -2.08. The van der Waals surface area contributed by atoms with Crippen LogP contribution in [0.5, 0.6) is 0 Å². The van der Waals surface area contributed by atoms with E-state index in [4.69, 9.17) is 4.74 Å². The minimum absolute atomic E-state index is 0.378. The standard InChI is InChI=1S/C13H15F3N2O/c1-3-12-17-10-8-9(13(14,15)16)4-5-11(10)18(12)6-7-19-2/h4-5,8H,3,6-7H2,1-2H3. The molecule has 2 rings (SSSR count). The van der Waals surface area contributed by atoms with Crippen molar-refractivity contribution in [2.45, 2.75) is 26.1 Å². The number of ether oxygens (including phenoxy) is 1. The number of hydrogen-bond donors (Lipinski definition) is 0. The summed E-state index contributed by atoms with van der Waals surface area (Å²) in [6, 6.07) is 3.66. The Kier molecular flexibility index (Phi) is 3.80. The normalized spacial score (nSPS) is 12.3. The molecule has 0 aliphatic carbocycles. The van der Waals surface area contributed by atoms with Crippen LogP contribution in [0.1, 0.15) is 18.3 Å². The molecule has 0 N–H and O–H groups in total. The van der Waals surface area contributed by atoms with E-state index >= 15 is 0 Å². The monoisotopic (exact) mass is 272 g/mol. The van der Waals surface area contributed by atoms with Crippen molar-refractivity contribution in [2.24, 2.45) is 0 Å². The van der Waals surface area contributed by atoms with E-state index in [9.17, 15) is 13.2 Å². The van der Waals surface area contributed by atoms with Gasteiger partial charge in [0.25, 0.3) is 0 Å². The maximum Gasteiger partial charge on any atom is 0.416 e. The maximum atomic E-state index is 12.7. The number of benzene rings is 1. The first kappa shape index (κ1) is 13.9. The van der Waals surface area contributed by atoms with Gasteiger partial charge < -0.3 is 9.30 Å². The van der Waals surface area contributed by atoms with Gasteiger partial charge in [0.1, 0.15) is 5.82 Å². The van der Waals surface area contributed by atoms with Crippen LogP contribution >= 0.6 is 0 Å². The fourth-order valence-corrected chi connectivity index (χ4v) is 2.06. The highest BCUT2D eigenvalue weighted by molar-refractivity contribution is 5.77. The second-order valence-electron chi connectivity index (χ2n) is 4.23. The lowest BCUT2D eigenvalue weighted by molar-refractivity contribution is -0.137. The van der Waals surface area contributed by atoms with Gasteiger partial charge in [-0.05, 0) is 18.2 Å². The minimum Gasteiger partial charge on any atom is -0.383 e. The van der Waals surface area contributed by atoms with Gasteiger partial charge >= 0.3 is 6.18 Å². The van der Waals surface area contributed by atoms with E-state index in [1.807, 2.05) is 11.5 Å². The van der Waals surface area contributed by atoms with E-state index in [2.05, 4.69) is 4.98 Å². The number of methoxy groups -OCH3 is 1. The predicted octanol–water partition coefficient (Wildman–Crippen LogP) is 3.26. The summed E-state index contributed by atoms with van der Waals surface area (Å²) < 4.78 is 44.9. The van der Waals surface area contributed by atoms with Crippen LogP contribution in [-0.4, -0.2) is 23.3 Å². The van der Waals surface area contributed by atoms with Crippen molar-refractivity contribution in [2.75, 3.05) is 13.7 Å². The maximum absolute atomic E-state index is 12.7. The first-order chi connectivity index (χ1) is 8.97. The molecule has 0 aliphatic rings. The van der Waals surface area contributed by atoms with Gasteiger partial charge in [0.15, 0.2) is 0 Å². The summed E-state index contributed by atoms with van der Waals surface area (Å²) in [7, 11) is 1.59. The van der Waals surface area contributed by atoms with Crippen molar-refractivity contribution in [3.63, 3.8) is 0 Å². The van der Waals surface area contributed by atoms with Gasteiger partial charge in [-0.15, -0.1) is 0 Å². The van der Waals surface area contributed by atoms with Crippen LogP contribution in [0.25, 0.3) is 11.0 Å². The first-order valence-electron chi connectivity index (χ1n) is 6.02. The molecule has 0 fully saturated rings.